The van der Waals surface area contributed by atoms with Crippen LogP contribution in [0.2, 0.25) is 0 Å². The van der Waals surface area contributed by atoms with Crippen LogP contribution in [0.5, 0.6) is 28.7 Å². The third kappa shape index (κ3) is 26.3. The number of aryl methyl sites for hydroxylation is 5. The normalized spacial score (nSPS) is 15.0. The molecule has 17 rings (SSSR count). The molecule has 12 aromatic rings. The Balaban J connectivity index is 0.000000206. The number of ether oxygens (including phenoxy) is 10. The van der Waals surface area contributed by atoms with Crippen molar-refractivity contribution in [1.82, 2.24) is 65.1 Å². The van der Waals surface area contributed by atoms with Gasteiger partial charge >= 0.3 is 55.9 Å². The van der Waals surface area contributed by atoms with E-state index >= 15 is 0 Å². The molecule has 5 aliphatic heterocycles. The molecular weight excluding hydrogens is 1910 g/mol. The fraction of sp³-hybridized carbons (Fsp3) is 0.429. The monoisotopic (exact) mass is 2040 g/mol. The first-order valence-corrected chi connectivity index (χ1v) is 46.6. The molecule has 8 N–H and O–H groups in total. The van der Waals surface area contributed by atoms with Crippen LogP contribution < -0.4 is 85.4 Å². The van der Waals surface area contributed by atoms with E-state index in [1.54, 1.807) is 92.2 Å². The van der Waals surface area contributed by atoms with Gasteiger partial charge in [-0.2, -0.15) is 20.4 Å². The van der Waals surface area contributed by atoms with Gasteiger partial charge in [0.05, 0.1) is 145 Å². The number of anilines is 2. The third-order valence-corrected chi connectivity index (χ3v) is 25.3. The molecule has 0 radical (unpaired) electrons. The van der Waals surface area contributed by atoms with Gasteiger partial charge in [-0.1, -0.05) is 15.9 Å². The van der Waals surface area contributed by atoms with Crippen LogP contribution in [0.25, 0.3) is 61.3 Å². The van der Waals surface area contributed by atoms with Gasteiger partial charge in [0.2, 0.25) is 11.6 Å². The molecule has 0 bridgehead atoms. The molecule has 40 heteroatoms. The minimum Gasteiger partial charge on any atom is -1.00 e. The van der Waals surface area contributed by atoms with E-state index in [0.29, 0.717) is 88.4 Å². The minimum absolute atomic E-state index is 0. The molecule has 5 aliphatic rings. The van der Waals surface area contributed by atoms with Gasteiger partial charge in [0, 0.05) is 161 Å². The van der Waals surface area contributed by atoms with Crippen LogP contribution in [0.4, 0.5) is 21.0 Å². The summed E-state index contributed by atoms with van der Waals surface area (Å²) in [6.45, 7) is 39.1. The number of halogens is 2. The zero-order valence-corrected chi connectivity index (χ0v) is 89.0. The van der Waals surface area contributed by atoms with Crippen LogP contribution in [-0.4, -0.2) is 243 Å². The first-order chi connectivity index (χ1) is 65.3. The number of hydrogen-bond donors (Lipinski definition) is 8. The topological polar surface area (TPSA) is 409 Å². The second-order valence-corrected chi connectivity index (χ2v) is 36.1. The van der Waals surface area contributed by atoms with Gasteiger partial charge in [-0.25, -0.2) is 9.59 Å². The number of hydrogen-bond acceptors (Lipinski definition) is 24. The molecule has 0 saturated carbocycles. The van der Waals surface area contributed by atoms with Crippen LogP contribution in [0, 0.1) is 55.4 Å². The zero-order chi connectivity index (χ0) is 100. The van der Waals surface area contributed by atoms with Crippen molar-refractivity contribution in [3.63, 3.8) is 0 Å². The van der Waals surface area contributed by atoms with Crippen molar-refractivity contribution < 1.29 is 126 Å². The molecule has 35 nitrogen and oxygen atoms in total. The summed E-state index contributed by atoms with van der Waals surface area (Å²) in [6.07, 6.45) is 6.02. The quantitative estimate of drug-likeness (QED) is 0.0128. The molecule has 0 aliphatic carbocycles. The number of aromatic amines is 4. The summed E-state index contributed by atoms with van der Waals surface area (Å²) in [6, 6.07) is 26.2. The summed E-state index contributed by atoms with van der Waals surface area (Å²) in [5, 5.41) is 34.7. The maximum Gasteiger partial charge on any atom is 1.00 e. The number of urea groups is 2. The van der Waals surface area contributed by atoms with Crippen LogP contribution in [-0.2, 0) is 61.9 Å². The first-order valence-electron chi connectivity index (χ1n) is 44.7. The number of aldehydes is 2. The Morgan fingerprint density at radius 2 is 0.928 bits per heavy atom. The van der Waals surface area contributed by atoms with Crippen LogP contribution >= 0.6 is 31.9 Å². The molecule has 0 spiro atoms. The molecule has 4 amide bonds. The fourth-order valence-electron chi connectivity index (χ4n) is 15.4. The van der Waals surface area contributed by atoms with Gasteiger partial charge in [-0.3, -0.25) is 38.3 Å². The van der Waals surface area contributed by atoms with Crippen molar-refractivity contribution in [3.8, 4) is 51.3 Å². The van der Waals surface area contributed by atoms with Crippen molar-refractivity contribution in [1.29, 1.82) is 0 Å². The van der Waals surface area contributed by atoms with Crippen molar-refractivity contribution in [2.24, 2.45) is 0 Å². The Morgan fingerprint density at radius 3 is 1.33 bits per heavy atom. The largest absolute Gasteiger partial charge is 1.00 e. The van der Waals surface area contributed by atoms with E-state index in [2.05, 4.69) is 156 Å². The second kappa shape index (κ2) is 49.9. The van der Waals surface area contributed by atoms with E-state index in [-0.39, 0.29) is 104 Å². The van der Waals surface area contributed by atoms with E-state index in [0.717, 1.165) is 173 Å². The number of fused-ring (bicyclic) bond motifs is 5. The number of H-pyrrole nitrogens is 4. The van der Waals surface area contributed by atoms with Gasteiger partial charge in [0.1, 0.15) is 28.7 Å². The zero-order valence-electron chi connectivity index (χ0n) is 84.8. The molecule has 12 heterocycles. The molecule has 0 unspecified atom stereocenters. The number of benzene rings is 5. The maximum atomic E-state index is 13.4. The van der Waals surface area contributed by atoms with Crippen molar-refractivity contribution in [2.45, 2.75) is 166 Å². The average molecular weight is 2040 g/mol. The van der Waals surface area contributed by atoms with Gasteiger partial charge in [0.25, 0.3) is 0 Å². The van der Waals surface area contributed by atoms with Gasteiger partial charge < -0.3 is 104 Å². The summed E-state index contributed by atoms with van der Waals surface area (Å²) < 4.78 is 82.8. The average Bonchev–Trinajstić information content (AvgIpc) is 1.63. The van der Waals surface area contributed by atoms with Gasteiger partial charge in [-0.15, -0.1) is 0 Å². The predicted octanol–water partition coefficient (Wildman–Crippen LogP) is 13.3. The number of Topliss-reactive ketones (excluding diaryl/α,β-unsaturated/α-hetero) is 2. The molecule has 3 fully saturated rings. The summed E-state index contributed by atoms with van der Waals surface area (Å²) in [5.74, 6) is 3.01. The number of rotatable bonds is 23. The third-order valence-electron chi connectivity index (χ3n) is 24.4. The minimum atomic E-state index is -0.374. The van der Waals surface area contributed by atoms with Gasteiger partial charge in [-0.05, 0) is 237 Å². The standard InChI is InChI=1S/C28H29N5O5.C18H21N3O3.C14H25BN2O3.C11H19BN2O2.C10H8BrNO2.C10H10N2O3.C4H8O.C3H7BrO.Na.H/c1-15-25(16(2)33(32-15)10-11-36-4)26-20(19-13-18(37-5)7-8-22(19)31-26)14-24-27(34)21-12-17(30-28(35)29-3)6-9-23(21)38-24;1-11-17(12(2)21(20-11)7-8-23-3)18-15(10-22)14-9-13(24-4)5-6-16(14)19-18;1-10-12(11(2)17(16-10)8-9-18-7)15-19-13(3,4)14(5,6)20-15;1-7-9(8(2)14-13-7)12-15-10(3,4)11(5,6)16-12;1-14-6-2-3-9-7(4-6)8(5-13)10(11)12-9;1-11-10(14)12-6-2-3-9-7(4-6)8(13)5-15-9;1-2-4-5-3-1;1-5-3-2-4;;/h6-9,12-14,31H,10-11H2,1-5H3,(H2,29,30,35);5-6,9-10,19H,7-8H2,1-4H3;8-9H2,1-7H3;1-6H3,(H,13,14);2-5,12H,1H3;2-4H,5H2,1H3,(H2,11,12,14);1-4H2;2-3H2,1H3;;/q;;;;;;;;+1;-1/b24-14-;;;;;;;;;. The second-order valence-electron chi connectivity index (χ2n) is 34.5. The van der Waals surface area contributed by atoms with Gasteiger partial charge in [0.15, 0.2) is 24.9 Å². The number of carbonyl (C=O) groups excluding carboxylic acids is 6. The summed E-state index contributed by atoms with van der Waals surface area (Å²) >= 11 is 6.47. The van der Waals surface area contributed by atoms with E-state index in [1.165, 1.54) is 26.9 Å². The molecule has 5 aromatic carbocycles. The molecule has 3 saturated heterocycles. The Labute approximate surface area is 846 Å². The number of methoxy groups -OCH3 is 7. The van der Waals surface area contributed by atoms with E-state index < -0.39 is 0 Å². The maximum absolute atomic E-state index is 13.4. The number of aromatic nitrogens is 11. The van der Waals surface area contributed by atoms with Crippen LogP contribution in [0.3, 0.4) is 0 Å². The van der Waals surface area contributed by atoms with Crippen molar-refractivity contribution in [2.75, 3.05) is 126 Å². The number of nitrogens with zero attached hydrogens (tertiary/aromatic N) is 7. The summed E-state index contributed by atoms with van der Waals surface area (Å²) in [5.41, 5.74) is 18.8. The molecule has 138 heavy (non-hydrogen) atoms. The van der Waals surface area contributed by atoms with E-state index in [9.17, 15) is 28.8 Å². The number of ketones is 2. The number of allylic oxidation sites excluding steroid dienone is 1. The number of alkyl halides is 1. The van der Waals surface area contributed by atoms with E-state index in [1.807, 2.05) is 117 Å². The SMILES string of the molecule is C1CCOC1.CNC(=O)Nc1ccc2c(c1)C(=O)/C(=C/c1c(-c3c(C)nn(CCOC)c3C)[nH]c3ccc(OC)cc13)O2.CNC(=O)Nc1ccc2c(c1)C(=O)CO2.COCCBr.COCCn1nc(C)c(-c2[nH]c3ccc(OC)cc3c2C=O)c1C.COCCn1nc(C)c(B2OC(C)(C)C(C)(C)O2)c1C.COc1ccc2[nH]c(Br)c(C=O)c2c1.Cc1n[nH]c(C)c1B1OC(C)(C)C(C)(C)O1.[H-].[Na+]. The summed E-state index contributed by atoms with van der Waals surface area (Å²) in [7, 11) is 13.9. The molecule has 0 atom stereocenters. The van der Waals surface area contributed by atoms with Crippen molar-refractivity contribution in [3.05, 3.63) is 175 Å². The Hall–Kier alpha value is -10.8. The first kappa shape index (κ1) is 111. The Bertz CT molecular complexity index is 6230. The fourth-order valence-corrected chi connectivity index (χ4v) is 16.3. The van der Waals surface area contributed by atoms with E-state index in [4.69, 9.17) is 66.3 Å². The summed E-state index contributed by atoms with van der Waals surface area (Å²) in [4.78, 5) is 80.0. The Kier molecular flexibility index (Phi) is 40.1. The smallest absolute Gasteiger partial charge is 1.00 e. The van der Waals surface area contributed by atoms with Crippen molar-refractivity contribution >= 4 is 143 Å². The molecular formula is C98H128B2Br2N15NaO20. The Morgan fingerprint density at radius 1 is 0.514 bits per heavy atom. The number of carbonyl (C=O) groups is 6. The molecule has 736 valence electrons. The van der Waals surface area contributed by atoms with Crippen LogP contribution in [0.15, 0.2) is 101 Å². The van der Waals surface area contributed by atoms with Crippen LogP contribution in [0.1, 0.15) is 162 Å². The predicted molar refractivity (Wildman–Crippen MR) is 540 cm³/mol. The number of nitrogens with one attached hydrogen (secondary N) is 8. The molecule has 7 aromatic heterocycles. The number of amides is 4.